The van der Waals surface area contributed by atoms with E-state index in [0.717, 1.165) is 0 Å². The maximum absolute atomic E-state index is 16.3. The molecule has 0 bridgehead atoms. The molecule has 0 spiro atoms. The van der Waals surface area contributed by atoms with Crippen LogP contribution in [-0.2, 0) is 38.6 Å². The standard InChI is InChI=1S/C42H52Cl2F2N2O10/c1-25(2)42(29-13-12-27(43)22-31(29)45)34(23-41(3,4)5)48-37(35(42)28-9-8-10-30(44)36(28)46)38(49)47-32-14-11-26(21-33(32)53-7)39(50)57-24-58-40(51)56-20-19-55-18-17-54-16-15-52-6/h8-14,21-22,25,34-35,37,48H,15-20,23-24H2,1-7H3,(H,47,49). The van der Waals surface area contributed by atoms with Gasteiger partial charge in [0.1, 0.15) is 24.0 Å². The van der Waals surface area contributed by atoms with Crippen LogP contribution in [0.1, 0.15) is 68.4 Å². The first-order valence-electron chi connectivity index (χ1n) is 18.8. The largest absolute Gasteiger partial charge is 0.511 e. The van der Waals surface area contributed by atoms with Gasteiger partial charge in [0.15, 0.2) is 0 Å². The molecule has 0 aliphatic carbocycles. The number of rotatable bonds is 19. The average molecular weight is 854 g/mol. The second-order valence-corrected chi connectivity index (χ2v) is 16.1. The smallest absolute Gasteiger partial charge is 0.495 e. The first-order chi connectivity index (χ1) is 27.5. The third kappa shape index (κ3) is 11.6. The van der Waals surface area contributed by atoms with Crippen LogP contribution in [0.25, 0.3) is 0 Å². The molecule has 12 nitrogen and oxygen atoms in total. The van der Waals surface area contributed by atoms with Crippen LogP contribution < -0.4 is 15.4 Å². The van der Waals surface area contributed by atoms with E-state index in [1.54, 1.807) is 31.4 Å². The Morgan fingerprint density at radius 3 is 2.21 bits per heavy atom. The predicted octanol–water partition coefficient (Wildman–Crippen LogP) is 8.32. The minimum Gasteiger partial charge on any atom is -0.495 e. The molecule has 0 aromatic heterocycles. The van der Waals surface area contributed by atoms with Gasteiger partial charge in [-0.1, -0.05) is 76.0 Å². The van der Waals surface area contributed by atoms with Crippen LogP contribution in [-0.4, -0.2) is 90.8 Å². The van der Waals surface area contributed by atoms with Crippen molar-refractivity contribution < 1.29 is 56.3 Å². The zero-order valence-corrected chi connectivity index (χ0v) is 35.3. The van der Waals surface area contributed by atoms with Gasteiger partial charge in [0.2, 0.25) is 12.7 Å². The predicted molar refractivity (Wildman–Crippen MR) is 215 cm³/mol. The molecule has 1 saturated heterocycles. The number of halogens is 4. The molecule has 58 heavy (non-hydrogen) atoms. The summed E-state index contributed by atoms with van der Waals surface area (Å²) in [6, 6.07) is 11.5. The number of methoxy groups -OCH3 is 2. The minimum absolute atomic E-state index is 0.0214. The molecule has 3 aromatic rings. The molecule has 3 aromatic carbocycles. The number of hydrogen-bond donors (Lipinski definition) is 2. The Hall–Kier alpha value is -4.05. The maximum atomic E-state index is 16.3. The van der Waals surface area contributed by atoms with E-state index in [9.17, 15) is 14.4 Å². The van der Waals surface area contributed by atoms with Gasteiger partial charge in [0.25, 0.3) is 0 Å². The lowest BCUT2D eigenvalue weighted by Crippen LogP contribution is -2.49. The number of esters is 1. The Kier molecular flexibility index (Phi) is 17.1. The quantitative estimate of drug-likeness (QED) is 0.0684. The second-order valence-electron chi connectivity index (χ2n) is 15.2. The van der Waals surface area contributed by atoms with Crippen LogP contribution in [0.15, 0.2) is 54.6 Å². The van der Waals surface area contributed by atoms with Crippen molar-refractivity contribution in [3.05, 3.63) is 93.0 Å². The van der Waals surface area contributed by atoms with Crippen molar-refractivity contribution in [1.29, 1.82) is 0 Å². The molecule has 2 N–H and O–H groups in total. The summed E-state index contributed by atoms with van der Waals surface area (Å²) in [5, 5.41) is 6.44. The van der Waals surface area contributed by atoms with E-state index < -0.39 is 59.9 Å². The van der Waals surface area contributed by atoms with Crippen LogP contribution in [0.5, 0.6) is 5.75 Å². The molecule has 1 amide bonds. The first-order valence-corrected chi connectivity index (χ1v) is 19.6. The van der Waals surface area contributed by atoms with Crippen LogP contribution in [0.3, 0.4) is 0 Å². The molecule has 16 heteroatoms. The SMILES string of the molecule is COCCOCCOCCOC(=O)OCOC(=O)c1ccc(NC(=O)C2NC(CC(C)(C)C)C(c3ccc(Cl)cc3F)(C(C)C)C2c2cccc(Cl)c2F)c(OC)c1. The normalized spacial score (nSPS) is 19.2. The van der Waals surface area contributed by atoms with E-state index in [2.05, 4.69) is 10.6 Å². The zero-order valence-electron chi connectivity index (χ0n) is 33.8. The van der Waals surface area contributed by atoms with Crippen LogP contribution in [0.2, 0.25) is 10.0 Å². The second kappa shape index (κ2) is 21.3. The van der Waals surface area contributed by atoms with E-state index in [0.29, 0.717) is 32.8 Å². The zero-order chi connectivity index (χ0) is 42.6. The average Bonchev–Trinajstić information content (AvgIpc) is 3.49. The van der Waals surface area contributed by atoms with E-state index in [-0.39, 0.29) is 62.7 Å². The van der Waals surface area contributed by atoms with Crippen molar-refractivity contribution in [2.24, 2.45) is 11.3 Å². The van der Waals surface area contributed by atoms with Crippen LogP contribution in [0, 0.1) is 23.0 Å². The molecule has 4 atom stereocenters. The number of ether oxygens (including phenoxy) is 7. The van der Waals surface area contributed by atoms with Crippen LogP contribution in [0.4, 0.5) is 19.3 Å². The van der Waals surface area contributed by atoms with E-state index >= 15 is 8.78 Å². The van der Waals surface area contributed by atoms with E-state index in [1.165, 1.54) is 37.4 Å². The summed E-state index contributed by atoms with van der Waals surface area (Å²) in [5.41, 5.74) is -0.855. The van der Waals surface area contributed by atoms with Gasteiger partial charge < -0.3 is 43.8 Å². The van der Waals surface area contributed by atoms with Crippen molar-refractivity contribution >= 4 is 46.9 Å². The molecule has 4 unspecified atom stereocenters. The van der Waals surface area contributed by atoms with Crippen molar-refractivity contribution in [2.45, 2.75) is 64.5 Å². The highest BCUT2D eigenvalue weighted by Gasteiger charge is 2.61. The maximum Gasteiger partial charge on any atom is 0.511 e. The number of hydrogen-bond acceptors (Lipinski definition) is 11. The lowest BCUT2D eigenvalue weighted by atomic mass is 9.56. The van der Waals surface area contributed by atoms with Crippen molar-refractivity contribution in [2.75, 3.05) is 66.0 Å². The Labute approximate surface area is 348 Å². The summed E-state index contributed by atoms with van der Waals surface area (Å²) in [5.74, 6) is -3.94. The number of nitrogens with one attached hydrogen (secondary N) is 2. The minimum atomic E-state index is -1.19. The third-order valence-corrected chi connectivity index (χ3v) is 10.4. The van der Waals surface area contributed by atoms with Crippen molar-refractivity contribution in [1.82, 2.24) is 5.32 Å². The highest BCUT2D eigenvalue weighted by Crippen LogP contribution is 2.57. The van der Waals surface area contributed by atoms with Crippen molar-refractivity contribution in [3.63, 3.8) is 0 Å². The highest BCUT2D eigenvalue weighted by molar-refractivity contribution is 6.31. The summed E-state index contributed by atoms with van der Waals surface area (Å²) in [6.07, 6.45) is -0.581. The molecular weight excluding hydrogens is 801 g/mol. The van der Waals surface area contributed by atoms with Crippen LogP contribution >= 0.6 is 23.2 Å². The molecule has 318 valence electrons. The summed E-state index contributed by atoms with van der Waals surface area (Å²) < 4.78 is 68.3. The molecule has 0 saturated carbocycles. The van der Waals surface area contributed by atoms with E-state index in [4.69, 9.17) is 56.4 Å². The van der Waals surface area contributed by atoms with Gasteiger partial charge in [-0.3, -0.25) is 4.79 Å². The fourth-order valence-corrected chi connectivity index (χ4v) is 7.85. The highest BCUT2D eigenvalue weighted by atomic mass is 35.5. The number of carbonyl (C=O) groups excluding carboxylic acids is 3. The van der Waals surface area contributed by atoms with Gasteiger partial charge in [0, 0.05) is 29.5 Å². The number of benzene rings is 3. The summed E-state index contributed by atoms with van der Waals surface area (Å²) in [4.78, 5) is 39.3. The van der Waals surface area contributed by atoms with Gasteiger partial charge in [-0.05, 0) is 65.3 Å². The number of anilines is 1. The Morgan fingerprint density at radius 2 is 1.57 bits per heavy atom. The monoisotopic (exact) mass is 852 g/mol. The Morgan fingerprint density at radius 1 is 0.879 bits per heavy atom. The molecule has 4 rings (SSSR count). The van der Waals surface area contributed by atoms with E-state index in [1.807, 2.05) is 34.6 Å². The van der Waals surface area contributed by atoms with Gasteiger partial charge in [-0.2, -0.15) is 0 Å². The summed E-state index contributed by atoms with van der Waals surface area (Å²) in [6.45, 7) is 10.8. The van der Waals surface area contributed by atoms with Gasteiger partial charge in [-0.15, -0.1) is 0 Å². The van der Waals surface area contributed by atoms with Gasteiger partial charge in [-0.25, -0.2) is 18.4 Å². The number of amides is 1. The molecule has 1 aliphatic rings. The molecule has 1 heterocycles. The molecule has 0 radical (unpaired) electrons. The molecule has 1 fully saturated rings. The summed E-state index contributed by atoms with van der Waals surface area (Å²) in [7, 11) is 2.92. The lowest BCUT2D eigenvalue weighted by Gasteiger charge is -2.46. The number of carbonyl (C=O) groups is 3. The molecule has 1 aliphatic heterocycles. The topological polar surface area (TPSA) is 140 Å². The first kappa shape index (κ1) is 46.6. The fraction of sp³-hybridized carbons (Fsp3) is 0.500. The third-order valence-electron chi connectivity index (χ3n) is 9.89. The lowest BCUT2D eigenvalue weighted by molar-refractivity contribution is -0.118. The Balaban J connectivity index is 1.54. The Bertz CT molecular complexity index is 1880. The summed E-state index contributed by atoms with van der Waals surface area (Å²) >= 11 is 12.6. The molecular formula is C42H52Cl2F2N2O10. The fourth-order valence-electron chi connectivity index (χ4n) is 7.51. The van der Waals surface area contributed by atoms with Gasteiger partial charge >= 0.3 is 12.1 Å². The van der Waals surface area contributed by atoms with Gasteiger partial charge in [0.05, 0.1) is 62.5 Å². The van der Waals surface area contributed by atoms with Crippen molar-refractivity contribution in [3.8, 4) is 5.75 Å².